The van der Waals surface area contributed by atoms with Crippen LogP contribution in [0.3, 0.4) is 0 Å². The molecule has 3 N–H and O–H groups in total. The first kappa shape index (κ1) is 11.7. The van der Waals surface area contributed by atoms with Gasteiger partial charge in [-0.2, -0.15) is 0 Å². The van der Waals surface area contributed by atoms with E-state index in [2.05, 4.69) is 5.32 Å². The Morgan fingerprint density at radius 2 is 2.18 bits per heavy atom. The Bertz CT molecular complexity index is 427. The van der Waals surface area contributed by atoms with E-state index in [4.69, 9.17) is 9.84 Å². The Labute approximate surface area is 99.0 Å². The number of carbonyl (C=O) groups excluding carboxylic acids is 1. The van der Waals surface area contributed by atoms with E-state index in [0.29, 0.717) is 12.8 Å². The molecule has 2 rings (SSSR count). The topological polar surface area (TPSA) is 78.8 Å². The van der Waals surface area contributed by atoms with Crippen molar-refractivity contribution in [3.63, 3.8) is 0 Å². The number of methoxy groups -OCH3 is 1. The smallest absolute Gasteiger partial charge is 0.255 e. The fourth-order valence-electron chi connectivity index (χ4n) is 1.84. The second-order valence-electron chi connectivity index (χ2n) is 4.15. The highest BCUT2D eigenvalue weighted by Gasteiger charge is 2.29. The Balaban J connectivity index is 2.08. The van der Waals surface area contributed by atoms with Crippen molar-refractivity contribution in [1.82, 2.24) is 5.32 Å². The van der Waals surface area contributed by atoms with Crippen LogP contribution in [-0.4, -0.2) is 35.4 Å². The van der Waals surface area contributed by atoms with Crippen molar-refractivity contribution < 1.29 is 19.7 Å². The molecule has 0 radical (unpaired) electrons. The van der Waals surface area contributed by atoms with E-state index in [1.807, 2.05) is 0 Å². The van der Waals surface area contributed by atoms with Gasteiger partial charge in [0, 0.05) is 6.04 Å². The van der Waals surface area contributed by atoms with Crippen LogP contribution in [0.25, 0.3) is 0 Å². The number of aliphatic hydroxyl groups is 1. The lowest BCUT2D eigenvalue weighted by molar-refractivity contribution is 0.0561. The average molecular weight is 237 g/mol. The molecule has 0 saturated heterocycles. The number of phenols is 1. The lowest BCUT2D eigenvalue weighted by Gasteiger charge is -2.32. The molecule has 1 aliphatic rings. The second-order valence-corrected chi connectivity index (χ2v) is 4.15. The van der Waals surface area contributed by atoms with Gasteiger partial charge in [-0.05, 0) is 25.0 Å². The molecular weight excluding hydrogens is 222 g/mol. The van der Waals surface area contributed by atoms with Gasteiger partial charge in [-0.1, -0.05) is 6.07 Å². The highest BCUT2D eigenvalue weighted by atomic mass is 16.5. The van der Waals surface area contributed by atoms with Crippen molar-refractivity contribution in [2.24, 2.45) is 0 Å². The van der Waals surface area contributed by atoms with E-state index in [9.17, 15) is 9.90 Å². The molecule has 0 atom stereocenters. The Hall–Kier alpha value is -1.75. The first-order valence-electron chi connectivity index (χ1n) is 5.46. The molecule has 1 aromatic rings. The molecule has 1 fully saturated rings. The van der Waals surface area contributed by atoms with Crippen LogP contribution in [-0.2, 0) is 0 Å². The molecule has 1 aliphatic carbocycles. The van der Waals surface area contributed by atoms with Crippen LogP contribution in [0.5, 0.6) is 11.5 Å². The molecule has 1 amide bonds. The van der Waals surface area contributed by atoms with Crippen molar-refractivity contribution in [1.29, 1.82) is 0 Å². The van der Waals surface area contributed by atoms with E-state index in [0.717, 1.165) is 0 Å². The van der Waals surface area contributed by atoms with Crippen LogP contribution in [0.2, 0.25) is 0 Å². The number of rotatable bonds is 3. The summed E-state index contributed by atoms with van der Waals surface area (Å²) in [6, 6.07) is 4.74. The predicted molar refractivity (Wildman–Crippen MR) is 61.2 cm³/mol. The third-order valence-electron chi connectivity index (χ3n) is 2.91. The van der Waals surface area contributed by atoms with E-state index >= 15 is 0 Å². The van der Waals surface area contributed by atoms with Crippen molar-refractivity contribution in [3.8, 4) is 11.5 Å². The SMILES string of the molecule is COc1cccc(C(=O)NC2CC(O)C2)c1O. The molecule has 0 bridgehead atoms. The minimum Gasteiger partial charge on any atom is -0.504 e. The first-order chi connectivity index (χ1) is 8.11. The molecule has 5 nitrogen and oxygen atoms in total. The van der Waals surface area contributed by atoms with Crippen LogP contribution in [0, 0.1) is 0 Å². The molecular formula is C12H15NO4. The number of aliphatic hydroxyl groups excluding tert-OH is 1. The maximum absolute atomic E-state index is 11.8. The Morgan fingerprint density at radius 1 is 1.47 bits per heavy atom. The molecule has 0 spiro atoms. The summed E-state index contributed by atoms with van der Waals surface area (Å²) >= 11 is 0. The number of hydrogen-bond acceptors (Lipinski definition) is 4. The minimum atomic E-state index is -0.349. The molecule has 0 heterocycles. The van der Waals surface area contributed by atoms with Gasteiger partial charge in [-0.3, -0.25) is 4.79 Å². The third kappa shape index (κ3) is 2.34. The van der Waals surface area contributed by atoms with Gasteiger partial charge in [0.05, 0.1) is 18.8 Å². The monoisotopic (exact) mass is 237 g/mol. The fourth-order valence-corrected chi connectivity index (χ4v) is 1.84. The number of para-hydroxylation sites is 1. The van der Waals surface area contributed by atoms with Gasteiger partial charge in [-0.25, -0.2) is 0 Å². The van der Waals surface area contributed by atoms with Gasteiger partial charge in [0.1, 0.15) is 0 Å². The van der Waals surface area contributed by atoms with Crippen LogP contribution in [0.4, 0.5) is 0 Å². The molecule has 5 heteroatoms. The van der Waals surface area contributed by atoms with Crippen molar-refractivity contribution in [2.45, 2.75) is 25.0 Å². The summed E-state index contributed by atoms with van der Waals surface area (Å²) in [5, 5.41) is 21.6. The highest BCUT2D eigenvalue weighted by Crippen LogP contribution is 2.29. The maximum atomic E-state index is 11.8. The normalized spacial score (nSPS) is 22.7. The van der Waals surface area contributed by atoms with E-state index in [-0.39, 0.29) is 35.1 Å². The molecule has 1 aromatic carbocycles. The first-order valence-corrected chi connectivity index (χ1v) is 5.46. The van der Waals surface area contributed by atoms with Gasteiger partial charge in [0.25, 0.3) is 5.91 Å². The summed E-state index contributed by atoms with van der Waals surface area (Å²) in [5.74, 6) is -0.239. The highest BCUT2D eigenvalue weighted by molar-refractivity contribution is 5.97. The number of amides is 1. The average Bonchev–Trinajstić information content (AvgIpc) is 2.27. The summed E-state index contributed by atoms with van der Waals surface area (Å²) in [5.41, 5.74) is 0.186. The molecule has 0 unspecified atom stereocenters. The van der Waals surface area contributed by atoms with E-state index in [1.54, 1.807) is 12.1 Å². The van der Waals surface area contributed by atoms with Crippen molar-refractivity contribution in [3.05, 3.63) is 23.8 Å². The standard InChI is InChI=1S/C12H15NO4/c1-17-10-4-2-3-9(11(10)15)12(16)13-7-5-8(14)6-7/h2-4,7-8,14-15H,5-6H2,1H3,(H,13,16). The largest absolute Gasteiger partial charge is 0.504 e. The lowest BCUT2D eigenvalue weighted by Crippen LogP contribution is -2.46. The molecule has 17 heavy (non-hydrogen) atoms. The number of hydrogen-bond donors (Lipinski definition) is 3. The predicted octanol–water partition coefficient (Wildman–Crippen LogP) is 0.654. The van der Waals surface area contributed by atoms with Gasteiger partial charge in [-0.15, -0.1) is 0 Å². The summed E-state index contributed by atoms with van der Waals surface area (Å²) in [6.07, 6.45) is 0.812. The summed E-state index contributed by atoms with van der Waals surface area (Å²) < 4.78 is 4.93. The van der Waals surface area contributed by atoms with E-state index < -0.39 is 0 Å². The zero-order valence-corrected chi connectivity index (χ0v) is 9.51. The van der Waals surface area contributed by atoms with Crippen LogP contribution in [0.15, 0.2) is 18.2 Å². The van der Waals surface area contributed by atoms with Gasteiger partial charge >= 0.3 is 0 Å². The van der Waals surface area contributed by atoms with Gasteiger partial charge in [0.2, 0.25) is 0 Å². The van der Waals surface area contributed by atoms with Gasteiger partial charge < -0.3 is 20.3 Å². The van der Waals surface area contributed by atoms with Crippen LogP contribution < -0.4 is 10.1 Å². The minimum absolute atomic E-state index is 0.0110. The zero-order valence-electron chi connectivity index (χ0n) is 9.51. The lowest BCUT2D eigenvalue weighted by atomic mass is 9.89. The second kappa shape index (κ2) is 4.63. The van der Waals surface area contributed by atoms with Crippen LogP contribution in [0.1, 0.15) is 23.2 Å². The number of nitrogens with one attached hydrogen (secondary N) is 1. The fraction of sp³-hybridized carbons (Fsp3) is 0.417. The van der Waals surface area contributed by atoms with Crippen molar-refractivity contribution in [2.75, 3.05) is 7.11 Å². The Kier molecular flexibility index (Phi) is 3.19. The number of ether oxygens (including phenoxy) is 1. The Morgan fingerprint density at radius 3 is 2.76 bits per heavy atom. The summed E-state index contributed by atoms with van der Waals surface area (Å²) in [7, 11) is 1.43. The number of benzene rings is 1. The summed E-state index contributed by atoms with van der Waals surface area (Å²) in [4.78, 5) is 11.8. The zero-order chi connectivity index (χ0) is 12.4. The molecule has 92 valence electrons. The number of phenolic OH excluding ortho intramolecular Hbond substituents is 1. The third-order valence-corrected chi connectivity index (χ3v) is 2.91. The van der Waals surface area contributed by atoms with Gasteiger partial charge in [0.15, 0.2) is 11.5 Å². The summed E-state index contributed by atoms with van der Waals surface area (Å²) in [6.45, 7) is 0. The molecule has 1 saturated carbocycles. The van der Waals surface area contributed by atoms with Crippen molar-refractivity contribution >= 4 is 5.91 Å². The quantitative estimate of drug-likeness (QED) is 0.721. The molecule has 0 aromatic heterocycles. The van der Waals surface area contributed by atoms with E-state index in [1.165, 1.54) is 13.2 Å². The van der Waals surface area contributed by atoms with Crippen LogP contribution >= 0.6 is 0 Å². The maximum Gasteiger partial charge on any atom is 0.255 e. The number of aromatic hydroxyl groups is 1. The number of carbonyl (C=O) groups is 1. The molecule has 0 aliphatic heterocycles.